The van der Waals surface area contributed by atoms with Crippen LogP contribution in [0, 0.1) is 0 Å². The fourth-order valence-electron chi connectivity index (χ4n) is 3.82. The third kappa shape index (κ3) is 4.12. The Balaban J connectivity index is 1.44. The van der Waals surface area contributed by atoms with Crippen molar-refractivity contribution in [1.82, 2.24) is 24.7 Å². The fraction of sp³-hybridized carbons (Fsp3) is 0.200. The molecule has 3 heterocycles. The zero-order valence-corrected chi connectivity index (χ0v) is 20.6. The maximum atomic E-state index is 13.0. The molecule has 172 valence electrons. The van der Waals surface area contributed by atoms with Gasteiger partial charge in [0.1, 0.15) is 16.4 Å². The van der Waals surface area contributed by atoms with Crippen LogP contribution in [0.3, 0.4) is 0 Å². The molecule has 1 atom stereocenters. The summed E-state index contributed by atoms with van der Waals surface area (Å²) in [5.74, 6) is 2.21. The summed E-state index contributed by atoms with van der Waals surface area (Å²) in [6.07, 6.45) is 0. The van der Waals surface area contributed by atoms with E-state index in [0.717, 1.165) is 44.8 Å². The Labute approximate surface area is 204 Å². The molecule has 0 bridgehead atoms. The van der Waals surface area contributed by atoms with Crippen LogP contribution in [0.1, 0.15) is 24.9 Å². The first kappa shape index (κ1) is 22.4. The molecule has 1 N–H and O–H groups in total. The highest BCUT2D eigenvalue weighted by molar-refractivity contribution is 7.99. The minimum absolute atomic E-state index is 0.113. The largest absolute Gasteiger partial charge is 0.497 e. The molecule has 0 spiro atoms. The Morgan fingerprint density at radius 1 is 1.09 bits per heavy atom. The summed E-state index contributed by atoms with van der Waals surface area (Å²) in [5, 5.41) is 12.2. The molecule has 0 amide bonds. The quantitative estimate of drug-likeness (QED) is 0.291. The van der Waals surface area contributed by atoms with Crippen LogP contribution in [0.2, 0.25) is 0 Å². The minimum Gasteiger partial charge on any atom is -0.497 e. The summed E-state index contributed by atoms with van der Waals surface area (Å²) < 4.78 is 7.32. The van der Waals surface area contributed by atoms with Crippen molar-refractivity contribution in [1.29, 1.82) is 0 Å². The van der Waals surface area contributed by atoms with Gasteiger partial charge in [0.05, 0.1) is 17.7 Å². The third-order valence-electron chi connectivity index (χ3n) is 5.60. The summed E-state index contributed by atoms with van der Waals surface area (Å²) in [4.78, 5) is 21.6. The van der Waals surface area contributed by atoms with Crippen molar-refractivity contribution >= 4 is 33.3 Å². The molecule has 3 aromatic heterocycles. The van der Waals surface area contributed by atoms with E-state index in [0.29, 0.717) is 11.2 Å². The van der Waals surface area contributed by atoms with E-state index in [1.807, 2.05) is 66.9 Å². The molecule has 1 unspecified atom stereocenters. The van der Waals surface area contributed by atoms with Crippen molar-refractivity contribution in [3.05, 3.63) is 76.2 Å². The number of H-pyrrole nitrogens is 1. The first-order valence-corrected chi connectivity index (χ1v) is 12.7. The number of nitrogens with zero attached hydrogens (tertiary/aromatic N) is 4. The lowest BCUT2D eigenvalue weighted by molar-refractivity contribution is 0.415. The molecule has 7 nitrogen and oxygen atoms in total. The number of hydrogen-bond acceptors (Lipinski definition) is 7. The molecule has 5 rings (SSSR count). The first-order chi connectivity index (χ1) is 16.6. The van der Waals surface area contributed by atoms with Crippen molar-refractivity contribution in [2.75, 3.05) is 7.11 Å². The van der Waals surface area contributed by atoms with E-state index in [1.54, 1.807) is 7.11 Å². The van der Waals surface area contributed by atoms with Crippen molar-refractivity contribution < 1.29 is 4.74 Å². The lowest BCUT2D eigenvalue weighted by atomic mass is 10.1. The smallest absolute Gasteiger partial charge is 0.260 e. The van der Waals surface area contributed by atoms with Crippen molar-refractivity contribution in [2.24, 2.45) is 0 Å². The molecule has 9 heteroatoms. The van der Waals surface area contributed by atoms with Gasteiger partial charge in [-0.3, -0.25) is 4.79 Å². The van der Waals surface area contributed by atoms with Gasteiger partial charge in [0, 0.05) is 23.1 Å². The van der Waals surface area contributed by atoms with E-state index in [1.165, 1.54) is 23.1 Å². The van der Waals surface area contributed by atoms with Gasteiger partial charge in [-0.25, -0.2) is 4.98 Å². The van der Waals surface area contributed by atoms with Crippen LogP contribution in [0.5, 0.6) is 5.75 Å². The molecule has 0 fully saturated rings. The Kier molecular flexibility index (Phi) is 6.21. The second kappa shape index (κ2) is 9.44. The lowest BCUT2D eigenvalue weighted by Gasteiger charge is -2.12. The molecule has 0 saturated carbocycles. The zero-order valence-electron chi connectivity index (χ0n) is 19.0. The van der Waals surface area contributed by atoms with Gasteiger partial charge in [-0.2, -0.15) is 0 Å². The predicted octanol–water partition coefficient (Wildman–Crippen LogP) is 5.79. The highest BCUT2D eigenvalue weighted by Gasteiger charge is 2.20. The second-order valence-corrected chi connectivity index (χ2v) is 9.85. The molecule has 5 aromatic rings. The number of thioether (sulfide) groups is 1. The summed E-state index contributed by atoms with van der Waals surface area (Å²) >= 11 is 3.02. The number of ether oxygens (including phenoxy) is 1. The molecular weight excluding hydrogens is 466 g/mol. The van der Waals surface area contributed by atoms with Gasteiger partial charge in [-0.05, 0) is 43.7 Å². The van der Waals surface area contributed by atoms with E-state index in [4.69, 9.17) is 9.72 Å². The standard InChI is InChI=1S/C25H23N5O2S2/c1-4-30-22(17-10-12-18(32-3)13-11-17)28-29-25(30)34-15(2)21-26-23(31)20-19(14-33-24(20)27-21)16-8-6-5-7-9-16/h5-15H,4H2,1-3H3,(H,26,27,31). The second-order valence-electron chi connectivity index (χ2n) is 7.69. The number of aromatic nitrogens is 5. The van der Waals surface area contributed by atoms with Crippen LogP contribution >= 0.6 is 23.1 Å². The normalized spacial score (nSPS) is 12.2. The Morgan fingerprint density at radius 2 is 1.85 bits per heavy atom. The minimum atomic E-state index is -0.122. The van der Waals surface area contributed by atoms with Gasteiger partial charge < -0.3 is 14.3 Å². The van der Waals surface area contributed by atoms with E-state index in [2.05, 4.69) is 26.7 Å². The molecule has 34 heavy (non-hydrogen) atoms. The van der Waals surface area contributed by atoms with Crippen molar-refractivity contribution in [2.45, 2.75) is 30.8 Å². The molecule has 0 aliphatic carbocycles. The van der Waals surface area contributed by atoms with Crippen LogP contribution in [-0.4, -0.2) is 31.8 Å². The van der Waals surface area contributed by atoms with E-state index < -0.39 is 0 Å². The Morgan fingerprint density at radius 3 is 2.56 bits per heavy atom. The van der Waals surface area contributed by atoms with Crippen LogP contribution in [0.25, 0.3) is 32.7 Å². The fourth-order valence-corrected chi connectivity index (χ4v) is 5.74. The first-order valence-electron chi connectivity index (χ1n) is 10.9. The van der Waals surface area contributed by atoms with Gasteiger partial charge in [-0.1, -0.05) is 42.1 Å². The van der Waals surface area contributed by atoms with Crippen LogP contribution < -0.4 is 10.3 Å². The average molecular weight is 490 g/mol. The molecule has 0 aliphatic heterocycles. The Bertz CT molecular complexity index is 1490. The van der Waals surface area contributed by atoms with Crippen LogP contribution in [0.15, 0.2) is 69.9 Å². The number of aromatic amines is 1. The van der Waals surface area contributed by atoms with Gasteiger partial charge >= 0.3 is 0 Å². The molecule has 0 radical (unpaired) electrons. The van der Waals surface area contributed by atoms with Crippen molar-refractivity contribution in [3.8, 4) is 28.3 Å². The van der Waals surface area contributed by atoms with E-state index in [-0.39, 0.29) is 10.8 Å². The monoisotopic (exact) mass is 489 g/mol. The van der Waals surface area contributed by atoms with Crippen LogP contribution in [0.4, 0.5) is 0 Å². The summed E-state index contributed by atoms with van der Waals surface area (Å²) in [6, 6.07) is 17.7. The van der Waals surface area contributed by atoms with Gasteiger partial charge in [0.25, 0.3) is 5.56 Å². The number of rotatable bonds is 7. The van der Waals surface area contributed by atoms with E-state index in [9.17, 15) is 4.79 Å². The predicted molar refractivity (Wildman–Crippen MR) is 138 cm³/mol. The number of nitrogens with one attached hydrogen (secondary N) is 1. The summed E-state index contributed by atoms with van der Waals surface area (Å²) in [5.41, 5.74) is 2.77. The average Bonchev–Trinajstić information content (AvgIpc) is 3.49. The number of fused-ring (bicyclic) bond motifs is 1. The number of benzene rings is 2. The lowest BCUT2D eigenvalue weighted by Crippen LogP contribution is -2.12. The third-order valence-corrected chi connectivity index (χ3v) is 7.56. The molecule has 0 aliphatic rings. The van der Waals surface area contributed by atoms with Gasteiger partial charge in [0.15, 0.2) is 11.0 Å². The highest BCUT2D eigenvalue weighted by Crippen LogP contribution is 2.36. The number of hydrogen-bond donors (Lipinski definition) is 1. The zero-order chi connectivity index (χ0) is 23.7. The maximum absolute atomic E-state index is 13.0. The number of thiophene rings is 1. The number of methoxy groups -OCH3 is 1. The highest BCUT2D eigenvalue weighted by atomic mass is 32.2. The molecule has 0 saturated heterocycles. The SMILES string of the molecule is CCn1c(SC(C)c2nc3scc(-c4ccccc4)c3c(=O)[nH]2)nnc1-c1ccc(OC)cc1. The summed E-state index contributed by atoms with van der Waals surface area (Å²) in [7, 11) is 1.65. The summed E-state index contributed by atoms with van der Waals surface area (Å²) in [6.45, 7) is 4.80. The maximum Gasteiger partial charge on any atom is 0.260 e. The molecule has 2 aromatic carbocycles. The van der Waals surface area contributed by atoms with Crippen molar-refractivity contribution in [3.63, 3.8) is 0 Å². The van der Waals surface area contributed by atoms with Crippen LogP contribution in [-0.2, 0) is 6.54 Å². The van der Waals surface area contributed by atoms with E-state index >= 15 is 0 Å². The molecular formula is C25H23N5O2S2. The van der Waals surface area contributed by atoms with Gasteiger partial charge in [0.2, 0.25) is 0 Å². The topological polar surface area (TPSA) is 85.7 Å². The van der Waals surface area contributed by atoms with Gasteiger partial charge in [-0.15, -0.1) is 21.5 Å². The Hall–Kier alpha value is -3.43.